The van der Waals surface area contributed by atoms with Gasteiger partial charge in [-0.2, -0.15) is 0 Å². The molecule has 2 aromatic heterocycles. The molecule has 3 rings (SSSR count). The molecule has 2 amide bonds. The van der Waals surface area contributed by atoms with E-state index in [2.05, 4.69) is 15.6 Å². The molecular weight excluding hydrogens is 492 g/mol. The number of ether oxygens (including phenoxy) is 2. The second-order valence-electron chi connectivity index (χ2n) is 6.75. The largest absolute Gasteiger partial charge is 0.493 e. The van der Waals surface area contributed by atoms with Crippen molar-refractivity contribution in [3.05, 3.63) is 71.5 Å². The van der Waals surface area contributed by atoms with E-state index in [-0.39, 0.29) is 17.5 Å². The number of aliphatic carboxylic acids is 2. The molecule has 3 aromatic rings. The first-order valence-corrected chi connectivity index (χ1v) is 11.1. The van der Waals surface area contributed by atoms with Crippen molar-refractivity contribution >= 4 is 40.2 Å². The summed E-state index contributed by atoms with van der Waals surface area (Å²) in [7, 11) is 3.03. The van der Waals surface area contributed by atoms with Gasteiger partial charge in [-0.05, 0) is 30.3 Å². The number of aromatic nitrogens is 2. The van der Waals surface area contributed by atoms with Crippen LogP contribution >= 0.6 is 11.3 Å². The Balaban J connectivity index is 0.000000493. The molecule has 0 aliphatic heterocycles. The Bertz CT molecular complexity index is 1200. The Morgan fingerprint density at radius 2 is 1.64 bits per heavy atom. The third-order valence-corrected chi connectivity index (χ3v) is 5.05. The van der Waals surface area contributed by atoms with E-state index >= 15 is 0 Å². The Labute approximate surface area is 209 Å². The number of methoxy groups -OCH3 is 2. The second kappa shape index (κ2) is 13.9. The average Bonchev–Trinajstić information content (AvgIpc) is 3.55. The summed E-state index contributed by atoms with van der Waals surface area (Å²) < 4.78 is 12.3. The highest BCUT2D eigenvalue weighted by Gasteiger charge is 2.15. The first-order valence-electron chi connectivity index (χ1n) is 10.2. The van der Waals surface area contributed by atoms with Crippen molar-refractivity contribution in [3.63, 3.8) is 0 Å². The molecule has 1 aromatic carbocycles. The van der Waals surface area contributed by atoms with E-state index in [1.807, 2.05) is 29.1 Å². The van der Waals surface area contributed by atoms with Crippen LogP contribution in [0.5, 0.6) is 11.5 Å². The normalized spacial score (nSPS) is 10.2. The van der Waals surface area contributed by atoms with E-state index in [1.165, 1.54) is 25.6 Å². The van der Waals surface area contributed by atoms with Crippen LogP contribution in [-0.2, 0) is 16.1 Å². The Kier molecular flexibility index (Phi) is 10.7. The van der Waals surface area contributed by atoms with Gasteiger partial charge in [0.15, 0.2) is 16.6 Å². The second-order valence-corrected chi connectivity index (χ2v) is 7.61. The number of rotatable bonds is 10. The minimum absolute atomic E-state index is 0.264. The van der Waals surface area contributed by atoms with E-state index in [1.54, 1.807) is 23.6 Å². The van der Waals surface area contributed by atoms with Gasteiger partial charge in [-0.1, -0.05) is 0 Å². The van der Waals surface area contributed by atoms with Crippen LogP contribution < -0.4 is 20.1 Å². The molecule has 0 atom stereocenters. The summed E-state index contributed by atoms with van der Waals surface area (Å²) in [6.07, 6.45) is 4.97. The first-order chi connectivity index (χ1) is 17.2. The van der Waals surface area contributed by atoms with Crippen molar-refractivity contribution in [1.82, 2.24) is 14.9 Å². The van der Waals surface area contributed by atoms with Crippen molar-refractivity contribution in [3.8, 4) is 11.5 Å². The highest BCUT2D eigenvalue weighted by molar-refractivity contribution is 7.14. The van der Waals surface area contributed by atoms with E-state index in [0.717, 1.165) is 0 Å². The number of thiazole rings is 1. The van der Waals surface area contributed by atoms with Gasteiger partial charge >= 0.3 is 11.9 Å². The minimum atomic E-state index is -1.26. The zero-order valence-electron chi connectivity index (χ0n) is 19.3. The zero-order valence-corrected chi connectivity index (χ0v) is 20.2. The van der Waals surface area contributed by atoms with Crippen molar-refractivity contribution in [2.24, 2.45) is 0 Å². The van der Waals surface area contributed by atoms with Crippen LogP contribution in [0.25, 0.3) is 0 Å². The lowest BCUT2D eigenvalue weighted by Gasteiger charge is -2.09. The van der Waals surface area contributed by atoms with E-state index in [0.29, 0.717) is 47.4 Å². The van der Waals surface area contributed by atoms with Crippen LogP contribution in [0.1, 0.15) is 20.8 Å². The quantitative estimate of drug-likeness (QED) is 0.295. The Morgan fingerprint density at radius 1 is 1.00 bits per heavy atom. The lowest BCUT2D eigenvalue weighted by atomic mass is 10.2. The smallest absolute Gasteiger partial charge is 0.328 e. The third kappa shape index (κ3) is 8.95. The molecule has 0 aliphatic carbocycles. The van der Waals surface area contributed by atoms with Crippen molar-refractivity contribution in [1.29, 1.82) is 0 Å². The predicted molar refractivity (Wildman–Crippen MR) is 131 cm³/mol. The van der Waals surface area contributed by atoms with Crippen molar-refractivity contribution < 1.29 is 38.9 Å². The number of hydrogen-bond donors (Lipinski definition) is 4. The number of carboxylic acids is 2. The lowest BCUT2D eigenvalue weighted by Crippen LogP contribution is -2.27. The van der Waals surface area contributed by atoms with Gasteiger partial charge in [0, 0.05) is 48.6 Å². The molecule has 0 saturated heterocycles. The SMILES string of the molecule is COc1ccc(C(=O)Nc2nc(C(=O)NCCn3cccc3)cs2)cc1OC.O=C(O)C=CC(=O)O. The van der Waals surface area contributed by atoms with Gasteiger partial charge in [0.25, 0.3) is 11.8 Å². The third-order valence-electron chi connectivity index (χ3n) is 4.29. The lowest BCUT2D eigenvalue weighted by molar-refractivity contribution is -0.134. The van der Waals surface area contributed by atoms with Gasteiger partial charge in [-0.3, -0.25) is 14.9 Å². The molecule has 0 radical (unpaired) electrons. The minimum Gasteiger partial charge on any atom is -0.493 e. The molecule has 13 heteroatoms. The fourth-order valence-electron chi connectivity index (χ4n) is 2.63. The molecule has 0 aliphatic rings. The number of amides is 2. The molecule has 12 nitrogen and oxygen atoms in total. The van der Waals surface area contributed by atoms with Gasteiger partial charge in [-0.25, -0.2) is 14.6 Å². The number of hydrogen-bond acceptors (Lipinski definition) is 8. The summed E-state index contributed by atoms with van der Waals surface area (Å²) in [5, 5.41) is 23.1. The number of nitrogens with zero attached hydrogens (tertiary/aromatic N) is 2. The molecule has 2 heterocycles. The molecule has 0 spiro atoms. The molecular formula is C23H24N4O8S. The molecule has 0 fully saturated rings. The number of benzene rings is 1. The van der Waals surface area contributed by atoms with Crippen LogP contribution in [0, 0.1) is 0 Å². The Hall–Kier alpha value is -4.65. The zero-order chi connectivity index (χ0) is 26.5. The highest BCUT2D eigenvalue weighted by atomic mass is 32.1. The van der Waals surface area contributed by atoms with E-state index < -0.39 is 11.9 Å². The maximum atomic E-state index is 12.4. The fourth-order valence-corrected chi connectivity index (χ4v) is 3.32. The maximum absolute atomic E-state index is 12.4. The van der Waals surface area contributed by atoms with Gasteiger partial charge < -0.3 is 29.6 Å². The predicted octanol–water partition coefficient (Wildman–Crippen LogP) is 2.36. The van der Waals surface area contributed by atoms with Crippen LogP contribution in [0.2, 0.25) is 0 Å². The van der Waals surface area contributed by atoms with E-state index in [9.17, 15) is 19.2 Å². The van der Waals surface area contributed by atoms with Gasteiger partial charge in [-0.15, -0.1) is 11.3 Å². The first kappa shape index (κ1) is 27.6. The topological polar surface area (TPSA) is 169 Å². The van der Waals surface area contributed by atoms with Gasteiger partial charge in [0.2, 0.25) is 0 Å². The fraction of sp³-hybridized carbons (Fsp3) is 0.174. The summed E-state index contributed by atoms with van der Waals surface area (Å²) in [6, 6.07) is 8.71. The summed E-state index contributed by atoms with van der Waals surface area (Å²) in [6.45, 7) is 1.16. The maximum Gasteiger partial charge on any atom is 0.328 e. The number of carbonyl (C=O) groups is 4. The van der Waals surface area contributed by atoms with Crippen LogP contribution in [-0.4, -0.2) is 64.3 Å². The summed E-state index contributed by atoms with van der Waals surface area (Å²) >= 11 is 1.18. The number of carboxylic acid groups (broad SMARTS) is 2. The highest BCUT2D eigenvalue weighted by Crippen LogP contribution is 2.28. The number of anilines is 1. The van der Waals surface area contributed by atoms with Crippen LogP contribution in [0.3, 0.4) is 0 Å². The average molecular weight is 517 g/mol. The van der Waals surface area contributed by atoms with Crippen LogP contribution in [0.15, 0.2) is 60.3 Å². The van der Waals surface area contributed by atoms with Crippen molar-refractivity contribution in [2.75, 3.05) is 26.1 Å². The summed E-state index contributed by atoms with van der Waals surface area (Å²) in [5.74, 6) is -2.16. The number of nitrogens with one attached hydrogen (secondary N) is 2. The molecule has 4 N–H and O–H groups in total. The van der Waals surface area contributed by atoms with Crippen molar-refractivity contribution in [2.45, 2.75) is 6.54 Å². The molecule has 36 heavy (non-hydrogen) atoms. The van der Waals surface area contributed by atoms with Gasteiger partial charge in [0.05, 0.1) is 14.2 Å². The molecule has 190 valence electrons. The van der Waals surface area contributed by atoms with Gasteiger partial charge in [0.1, 0.15) is 5.69 Å². The molecule has 0 saturated carbocycles. The van der Waals surface area contributed by atoms with E-state index in [4.69, 9.17) is 19.7 Å². The molecule has 0 unspecified atom stereocenters. The Morgan fingerprint density at radius 3 is 2.22 bits per heavy atom. The summed E-state index contributed by atoms with van der Waals surface area (Å²) in [5.41, 5.74) is 0.658. The summed E-state index contributed by atoms with van der Waals surface area (Å²) in [4.78, 5) is 47.9. The molecule has 0 bridgehead atoms. The standard InChI is InChI=1S/C19H20N4O4S.C4H4O4/c1-26-15-6-5-13(11-16(15)27-2)17(24)22-19-21-14(12-28-19)18(25)20-7-10-23-8-3-4-9-23;5-3(6)1-2-4(7)8/h3-6,8-9,11-12H,7,10H2,1-2H3,(H,20,25)(H,21,22,24);1-2H,(H,5,6)(H,7,8). The van der Waals surface area contributed by atoms with Crippen LogP contribution in [0.4, 0.5) is 5.13 Å². The number of carbonyl (C=O) groups excluding carboxylic acids is 2. The monoisotopic (exact) mass is 516 g/mol.